The summed E-state index contributed by atoms with van der Waals surface area (Å²) < 4.78 is 0. The van der Waals surface area contributed by atoms with Gasteiger partial charge in [0, 0.05) is 11.4 Å². The third-order valence-corrected chi connectivity index (χ3v) is 3.80. The van der Waals surface area contributed by atoms with Crippen LogP contribution >= 0.6 is 11.8 Å². The number of hydrogen-bond acceptors (Lipinski definition) is 5. The first-order chi connectivity index (χ1) is 8.54. The second-order valence-electron chi connectivity index (χ2n) is 4.63. The van der Waals surface area contributed by atoms with Crippen LogP contribution in [0.4, 0.5) is 5.69 Å². The van der Waals surface area contributed by atoms with E-state index in [0.29, 0.717) is 11.1 Å². The highest BCUT2D eigenvalue weighted by molar-refractivity contribution is 8.14. The van der Waals surface area contributed by atoms with Crippen molar-refractivity contribution in [1.82, 2.24) is 0 Å². The van der Waals surface area contributed by atoms with Gasteiger partial charge in [0.15, 0.2) is 5.17 Å². The van der Waals surface area contributed by atoms with E-state index >= 15 is 0 Å². The molecule has 1 N–H and O–H groups in total. The highest BCUT2D eigenvalue weighted by Crippen LogP contribution is 2.28. The Bertz CT molecular complexity index is 590. The van der Waals surface area contributed by atoms with Crippen molar-refractivity contribution in [3.63, 3.8) is 0 Å². The van der Waals surface area contributed by atoms with Crippen LogP contribution in [0.3, 0.4) is 0 Å². The average molecular weight is 256 g/mol. The van der Waals surface area contributed by atoms with Gasteiger partial charge in [-0.05, 0) is 32.0 Å². The predicted octanol–water partition coefficient (Wildman–Crippen LogP) is 2.72. The van der Waals surface area contributed by atoms with Crippen LogP contribution < -0.4 is 5.32 Å². The summed E-state index contributed by atoms with van der Waals surface area (Å²) in [6.07, 6.45) is 0. The summed E-state index contributed by atoms with van der Waals surface area (Å²) in [5.74, 6) is 0.941. The Morgan fingerprint density at radius 2 is 2.00 bits per heavy atom. The zero-order valence-electron chi connectivity index (χ0n) is 10.2. The normalized spacial score (nSPS) is 16.6. The molecule has 0 radical (unpaired) electrons. The SMILES string of the molecule is CC1(C)CSC(Nc2ccc(C#N)c(C#N)c2)=N1. The van der Waals surface area contributed by atoms with Crippen LogP contribution in [0.5, 0.6) is 0 Å². The van der Waals surface area contributed by atoms with Crippen molar-refractivity contribution in [2.24, 2.45) is 4.99 Å². The third kappa shape index (κ3) is 2.64. The van der Waals surface area contributed by atoms with Crippen molar-refractivity contribution in [3.8, 4) is 12.1 Å². The quantitative estimate of drug-likeness (QED) is 0.838. The monoisotopic (exact) mass is 256 g/mol. The van der Waals surface area contributed by atoms with Crippen LogP contribution in [0.2, 0.25) is 0 Å². The van der Waals surface area contributed by atoms with Crippen molar-refractivity contribution >= 4 is 22.6 Å². The molecule has 2 rings (SSSR count). The molecule has 1 heterocycles. The van der Waals surface area contributed by atoms with E-state index in [1.165, 1.54) is 0 Å². The van der Waals surface area contributed by atoms with E-state index in [4.69, 9.17) is 10.5 Å². The zero-order valence-corrected chi connectivity index (χ0v) is 11.0. The fourth-order valence-corrected chi connectivity index (χ4v) is 2.64. The summed E-state index contributed by atoms with van der Waals surface area (Å²) >= 11 is 1.66. The number of nitriles is 2. The van der Waals surface area contributed by atoms with Crippen LogP contribution in [0.25, 0.3) is 0 Å². The Kier molecular flexibility index (Phi) is 3.27. The van der Waals surface area contributed by atoms with Crippen LogP contribution in [-0.4, -0.2) is 16.5 Å². The lowest BCUT2D eigenvalue weighted by atomic mass is 10.1. The maximum absolute atomic E-state index is 8.95. The number of rotatable bonds is 1. The molecule has 18 heavy (non-hydrogen) atoms. The standard InChI is InChI=1S/C13H12N4S/c1-13(2)8-18-12(17-13)16-11-4-3-9(6-14)10(5-11)7-15/h3-5H,8H2,1-2H3,(H,16,17). The minimum absolute atomic E-state index is 0.0440. The molecular weight excluding hydrogens is 244 g/mol. The fraction of sp³-hybridized carbons (Fsp3) is 0.308. The molecule has 0 unspecified atom stereocenters. The minimum atomic E-state index is -0.0440. The summed E-state index contributed by atoms with van der Waals surface area (Å²) in [6, 6.07) is 9.12. The van der Waals surface area contributed by atoms with Crippen molar-refractivity contribution in [3.05, 3.63) is 29.3 Å². The highest BCUT2D eigenvalue weighted by Gasteiger charge is 2.25. The van der Waals surface area contributed by atoms with Crippen LogP contribution in [-0.2, 0) is 0 Å². The first-order valence-corrected chi connectivity index (χ1v) is 6.46. The van der Waals surface area contributed by atoms with Gasteiger partial charge < -0.3 is 5.32 Å². The summed E-state index contributed by atoms with van der Waals surface area (Å²) in [6.45, 7) is 4.16. The zero-order chi connectivity index (χ0) is 13.2. The molecule has 90 valence electrons. The van der Waals surface area contributed by atoms with Crippen LogP contribution in [0.15, 0.2) is 23.2 Å². The van der Waals surface area contributed by atoms with E-state index in [-0.39, 0.29) is 5.54 Å². The van der Waals surface area contributed by atoms with E-state index in [2.05, 4.69) is 24.2 Å². The maximum Gasteiger partial charge on any atom is 0.161 e. The summed E-state index contributed by atoms with van der Waals surface area (Å²) in [5, 5.41) is 21.8. The molecular formula is C13H12N4S. The molecule has 1 aromatic carbocycles. The Morgan fingerprint density at radius 1 is 1.28 bits per heavy atom. The number of nitrogens with zero attached hydrogens (tertiary/aromatic N) is 3. The summed E-state index contributed by atoms with van der Waals surface area (Å²) in [5.41, 5.74) is 1.52. The van der Waals surface area contributed by atoms with Gasteiger partial charge in [0.1, 0.15) is 12.1 Å². The lowest BCUT2D eigenvalue weighted by molar-refractivity contribution is 0.605. The summed E-state index contributed by atoms with van der Waals surface area (Å²) in [4.78, 5) is 4.53. The van der Waals surface area contributed by atoms with Crippen molar-refractivity contribution in [2.75, 3.05) is 11.1 Å². The third-order valence-electron chi connectivity index (χ3n) is 2.48. The van der Waals surface area contributed by atoms with Gasteiger partial charge in [-0.15, -0.1) is 0 Å². The smallest absolute Gasteiger partial charge is 0.161 e. The van der Waals surface area contributed by atoms with E-state index < -0.39 is 0 Å². The predicted molar refractivity (Wildman–Crippen MR) is 73.5 cm³/mol. The molecule has 0 saturated carbocycles. The average Bonchev–Trinajstić information content (AvgIpc) is 2.68. The van der Waals surface area contributed by atoms with Gasteiger partial charge >= 0.3 is 0 Å². The van der Waals surface area contributed by atoms with Crippen molar-refractivity contribution < 1.29 is 0 Å². The maximum atomic E-state index is 8.95. The number of anilines is 1. The minimum Gasteiger partial charge on any atom is -0.335 e. The first kappa shape index (κ1) is 12.5. The molecule has 0 aliphatic carbocycles. The van der Waals surface area contributed by atoms with E-state index in [1.54, 1.807) is 30.0 Å². The number of aliphatic imine (C=N–C) groups is 1. The fourth-order valence-electron chi connectivity index (χ4n) is 1.58. The Balaban J connectivity index is 2.22. The van der Waals surface area contributed by atoms with Gasteiger partial charge in [0.05, 0.1) is 16.7 Å². The molecule has 1 aliphatic heterocycles. The Hall–Kier alpha value is -1.98. The summed E-state index contributed by atoms with van der Waals surface area (Å²) in [7, 11) is 0. The molecule has 1 aliphatic rings. The van der Waals surface area contributed by atoms with Gasteiger partial charge in [-0.1, -0.05) is 11.8 Å². The molecule has 0 atom stereocenters. The molecule has 0 bridgehead atoms. The highest BCUT2D eigenvalue weighted by atomic mass is 32.2. The Labute approximate surface area is 110 Å². The van der Waals surface area contributed by atoms with Crippen molar-refractivity contribution in [1.29, 1.82) is 10.5 Å². The van der Waals surface area contributed by atoms with Gasteiger partial charge in [0.25, 0.3) is 0 Å². The van der Waals surface area contributed by atoms with Crippen LogP contribution in [0.1, 0.15) is 25.0 Å². The number of amidine groups is 1. The van der Waals surface area contributed by atoms with Crippen LogP contribution in [0, 0.1) is 22.7 Å². The number of thioether (sulfide) groups is 1. The molecule has 0 saturated heterocycles. The van der Waals surface area contributed by atoms with E-state index in [1.807, 2.05) is 12.1 Å². The van der Waals surface area contributed by atoms with Gasteiger partial charge in [0.2, 0.25) is 0 Å². The van der Waals surface area contributed by atoms with Gasteiger partial charge in [-0.25, -0.2) is 0 Å². The van der Waals surface area contributed by atoms with E-state index in [0.717, 1.165) is 16.6 Å². The molecule has 5 heteroatoms. The Morgan fingerprint density at radius 3 is 2.56 bits per heavy atom. The lowest BCUT2D eigenvalue weighted by Gasteiger charge is -2.09. The topological polar surface area (TPSA) is 72.0 Å². The van der Waals surface area contributed by atoms with Crippen molar-refractivity contribution in [2.45, 2.75) is 19.4 Å². The molecule has 0 aromatic heterocycles. The molecule has 0 spiro atoms. The largest absolute Gasteiger partial charge is 0.335 e. The van der Waals surface area contributed by atoms with Gasteiger partial charge in [-0.2, -0.15) is 10.5 Å². The number of hydrogen-bond donors (Lipinski definition) is 1. The second kappa shape index (κ2) is 4.72. The van der Waals surface area contributed by atoms with E-state index in [9.17, 15) is 0 Å². The van der Waals surface area contributed by atoms with Gasteiger partial charge in [-0.3, -0.25) is 4.99 Å². The number of nitrogens with one attached hydrogen (secondary N) is 1. The number of benzene rings is 1. The molecule has 0 fully saturated rings. The molecule has 4 nitrogen and oxygen atoms in total. The lowest BCUT2D eigenvalue weighted by Crippen LogP contribution is -2.15. The molecule has 0 amide bonds. The second-order valence-corrected chi connectivity index (χ2v) is 5.59. The first-order valence-electron chi connectivity index (χ1n) is 5.48. The molecule has 1 aromatic rings.